The lowest BCUT2D eigenvalue weighted by molar-refractivity contribution is 0.201. The van der Waals surface area contributed by atoms with E-state index in [0.29, 0.717) is 27.4 Å². The Hall–Kier alpha value is -2.75. The number of anilines is 1. The average molecular weight is 512 g/mol. The van der Waals surface area contributed by atoms with E-state index in [4.69, 9.17) is 38.3 Å². The van der Waals surface area contributed by atoms with Gasteiger partial charge in [-0.1, -0.05) is 47.5 Å². The van der Waals surface area contributed by atoms with Crippen LogP contribution < -0.4 is 10.1 Å². The highest BCUT2D eigenvalue weighted by molar-refractivity contribution is 6.33. The van der Waals surface area contributed by atoms with E-state index in [2.05, 4.69) is 30.1 Å². The second-order valence-electron chi connectivity index (χ2n) is 8.61. The molecule has 0 aliphatic heterocycles. The van der Waals surface area contributed by atoms with Crippen LogP contribution in [0.15, 0.2) is 66.7 Å². The van der Waals surface area contributed by atoms with E-state index in [1.807, 2.05) is 60.7 Å². The van der Waals surface area contributed by atoms with Gasteiger partial charge in [-0.05, 0) is 67.8 Å². The molecule has 0 fully saturated rings. The molecule has 0 heterocycles. The highest BCUT2D eigenvalue weighted by Gasteiger charge is 2.20. The predicted octanol–water partition coefficient (Wildman–Crippen LogP) is 6.34. The molecule has 35 heavy (non-hydrogen) atoms. The third-order valence-corrected chi connectivity index (χ3v) is 6.39. The van der Waals surface area contributed by atoms with Gasteiger partial charge < -0.3 is 15.2 Å². The van der Waals surface area contributed by atoms with Crippen LogP contribution >= 0.6 is 23.2 Å². The smallest absolute Gasteiger partial charge is 0.121 e. The standard InChI is InChI=1S/C28H31Cl2N3O2/c1-20(2)33(14-13-21-3-5-22(18-31)6-4-21)19-28(23-7-9-24(29)10-8-23)32-27-12-11-25(17-26(27)30)35-16-15-34/h3-12,17,20,28,32,34H,13-16,19H2,1-2H3/t28-/m0/s1. The molecular weight excluding hydrogens is 481 g/mol. The maximum atomic E-state index is 9.04. The molecular formula is C28H31Cl2N3O2. The molecule has 0 spiro atoms. The van der Waals surface area contributed by atoms with Gasteiger partial charge in [0, 0.05) is 30.2 Å². The van der Waals surface area contributed by atoms with Gasteiger partial charge in [-0.25, -0.2) is 0 Å². The summed E-state index contributed by atoms with van der Waals surface area (Å²) in [6.45, 7) is 6.18. The molecule has 0 aliphatic carbocycles. The molecule has 3 aromatic carbocycles. The van der Waals surface area contributed by atoms with Gasteiger partial charge in [-0.2, -0.15) is 5.26 Å². The van der Waals surface area contributed by atoms with Gasteiger partial charge in [0.25, 0.3) is 0 Å². The Balaban J connectivity index is 1.78. The largest absolute Gasteiger partial charge is 0.491 e. The van der Waals surface area contributed by atoms with Crippen molar-refractivity contribution in [3.05, 3.63) is 93.5 Å². The summed E-state index contributed by atoms with van der Waals surface area (Å²) >= 11 is 12.7. The molecule has 0 radical (unpaired) electrons. The van der Waals surface area contributed by atoms with Crippen molar-refractivity contribution < 1.29 is 9.84 Å². The average Bonchev–Trinajstić information content (AvgIpc) is 2.86. The van der Waals surface area contributed by atoms with Gasteiger partial charge in [0.05, 0.1) is 35.0 Å². The summed E-state index contributed by atoms with van der Waals surface area (Å²) in [4.78, 5) is 2.43. The van der Waals surface area contributed by atoms with Crippen LogP contribution in [-0.4, -0.2) is 42.4 Å². The molecule has 2 N–H and O–H groups in total. The summed E-state index contributed by atoms with van der Waals surface area (Å²) < 4.78 is 5.48. The van der Waals surface area contributed by atoms with E-state index in [-0.39, 0.29) is 19.3 Å². The maximum Gasteiger partial charge on any atom is 0.121 e. The highest BCUT2D eigenvalue weighted by Crippen LogP contribution is 2.31. The zero-order valence-electron chi connectivity index (χ0n) is 20.0. The fraction of sp³-hybridized carbons (Fsp3) is 0.321. The normalized spacial score (nSPS) is 11.9. The van der Waals surface area contributed by atoms with Gasteiger partial charge >= 0.3 is 0 Å². The summed E-state index contributed by atoms with van der Waals surface area (Å²) in [6.07, 6.45) is 0.884. The van der Waals surface area contributed by atoms with Crippen molar-refractivity contribution in [3.8, 4) is 11.8 Å². The topological polar surface area (TPSA) is 68.5 Å². The van der Waals surface area contributed by atoms with Crippen LogP contribution in [0.4, 0.5) is 5.69 Å². The monoisotopic (exact) mass is 511 g/mol. The van der Waals surface area contributed by atoms with Crippen LogP contribution in [0.5, 0.6) is 5.75 Å². The van der Waals surface area contributed by atoms with Gasteiger partial charge in [-0.15, -0.1) is 0 Å². The summed E-state index contributed by atoms with van der Waals surface area (Å²) in [6, 6.07) is 23.6. The Morgan fingerprint density at radius 3 is 2.34 bits per heavy atom. The summed E-state index contributed by atoms with van der Waals surface area (Å²) in [5.41, 5.74) is 3.78. The van der Waals surface area contributed by atoms with Gasteiger partial charge in [0.1, 0.15) is 12.4 Å². The number of hydrogen-bond acceptors (Lipinski definition) is 5. The van der Waals surface area contributed by atoms with Crippen LogP contribution in [-0.2, 0) is 6.42 Å². The molecule has 0 aromatic heterocycles. The number of nitrogens with zero attached hydrogens (tertiary/aromatic N) is 2. The first kappa shape index (κ1) is 26.8. The van der Waals surface area contributed by atoms with Crippen LogP contribution in [0.2, 0.25) is 10.0 Å². The van der Waals surface area contributed by atoms with Crippen molar-refractivity contribution in [2.45, 2.75) is 32.4 Å². The minimum Gasteiger partial charge on any atom is -0.491 e. The molecule has 0 aliphatic rings. The second-order valence-corrected chi connectivity index (χ2v) is 9.45. The van der Waals surface area contributed by atoms with Gasteiger partial charge in [0.15, 0.2) is 0 Å². The lowest BCUT2D eigenvalue weighted by Crippen LogP contribution is -2.38. The number of nitriles is 1. The van der Waals surface area contributed by atoms with E-state index in [0.717, 1.165) is 30.8 Å². The molecule has 1 atom stereocenters. The number of ether oxygens (including phenoxy) is 1. The Kier molecular flexibility index (Phi) is 10.3. The lowest BCUT2D eigenvalue weighted by atomic mass is 10.0. The van der Waals surface area contributed by atoms with Gasteiger partial charge in [0.2, 0.25) is 0 Å². The van der Waals surface area contributed by atoms with E-state index < -0.39 is 0 Å². The molecule has 0 saturated heterocycles. The number of nitrogens with one attached hydrogen (secondary N) is 1. The minimum atomic E-state index is -0.0518. The Labute approximate surface area is 217 Å². The third kappa shape index (κ3) is 8.16. The summed E-state index contributed by atoms with van der Waals surface area (Å²) in [5.74, 6) is 0.615. The molecule has 5 nitrogen and oxygen atoms in total. The summed E-state index contributed by atoms with van der Waals surface area (Å²) in [7, 11) is 0. The molecule has 184 valence electrons. The molecule has 0 unspecified atom stereocenters. The zero-order chi connectivity index (χ0) is 25.2. The van der Waals surface area contributed by atoms with Crippen LogP contribution in [0.25, 0.3) is 0 Å². The van der Waals surface area contributed by atoms with Crippen LogP contribution in [0.3, 0.4) is 0 Å². The SMILES string of the molecule is CC(C)N(CCc1ccc(C#N)cc1)C[C@H](Nc1ccc(OCCO)cc1Cl)c1ccc(Cl)cc1. The predicted molar refractivity (Wildman–Crippen MR) is 143 cm³/mol. The number of aliphatic hydroxyl groups excluding tert-OH is 1. The molecule has 0 saturated carbocycles. The van der Waals surface area contributed by atoms with E-state index in [1.54, 1.807) is 6.07 Å². The van der Waals surface area contributed by atoms with Crippen molar-refractivity contribution in [2.24, 2.45) is 0 Å². The van der Waals surface area contributed by atoms with Gasteiger partial charge in [-0.3, -0.25) is 4.90 Å². The molecule has 3 rings (SSSR count). The first-order valence-electron chi connectivity index (χ1n) is 11.7. The Bertz CT molecular complexity index is 1110. The summed E-state index contributed by atoms with van der Waals surface area (Å²) in [5, 5.41) is 22.9. The van der Waals surface area contributed by atoms with Crippen LogP contribution in [0.1, 0.15) is 36.6 Å². The fourth-order valence-corrected chi connectivity index (χ4v) is 4.15. The van der Waals surface area contributed by atoms with E-state index >= 15 is 0 Å². The van der Waals surface area contributed by atoms with Crippen molar-refractivity contribution in [1.82, 2.24) is 4.90 Å². The first-order chi connectivity index (χ1) is 16.9. The van der Waals surface area contributed by atoms with E-state index in [1.165, 1.54) is 5.56 Å². The second kappa shape index (κ2) is 13.4. The number of hydrogen-bond donors (Lipinski definition) is 2. The zero-order valence-corrected chi connectivity index (χ0v) is 21.6. The minimum absolute atomic E-state index is 0.0302. The number of benzene rings is 3. The van der Waals surface area contributed by atoms with Crippen molar-refractivity contribution in [2.75, 3.05) is 31.6 Å². The van der Waals surface area contributed by atoms with Crippen LogP contribution in [0, 0.1) is 11.3 Å². The molecule has 7 heteroatoms. The quantitative estimate of drug-likeness (QED) is 0.296. The Morgan fingerprint density at radius 2 is 1.74 bits per heavy atom. The molecule has 0 bridgehead atoms. The number of rotatable bonds is 12. The molecule has 0 amide bonds. The fourth-order valence-electron chi connectivity index (χ4n) is 3.80. The maximum absolute atomic E-state index is 9.04. The Morgan fingerprint density at radius 1 is 1.03 bits per heavy atom. The third-order valence-electron chi connectivity index (χ3n) is 5.82. The van der Waals surface area contributed by atoms with Crippen molar-refractivity contribution in [3.63, 3.8) is 0 Å². The van der Waals surface area contributed by atoms with E-state index in [9.17, 15) is 0 Å². The molecule has 3 aromatic rings. The van der Waals surface area contributed by atoms with Crippen molar-refractivity contribution in [1.29, 1.82) is 5.26 Å². The highest BCUT2D eigenvalue weighted by atomic mass is 35.5. The lowest BCUT2D eigenvalue weighted by Gasteiger charge is -2.32. The van der Waals surface area contributed by atoms with Crippen molar-refractivity contribution >= 4 is 28.9 Å². The number of halogens is 2. The number of aliphatic hydroxyl groups is 1. The first-order valence-corrected chi connectivity index (χ1v) is 12.4.